The molecule has 4 heterocycles. The highest BCUT2D eigenvalue weighted by molar-refractivity contribution is 7.10. The van der Waals surface area contributed by atoms with Gasteiger partial charge < -0.3 is 25.4 Å². The van der Waals surface area contributed by atoms with Crippen LogP contribution in [0.3, 0.4) is 0 Å². The maximum Gasteiger partial charge on any atom is 0.271 e. The van der Waals surface area contributed by atoms with E-state index in [4.69, 9.17) is 0 Å². The van der Waals surface area contributed by atoms with Crippen LogP contribution in [0.15, 0.2) is 101 Å². The third kappa shape index (κ3) is 8.57. The van der Waals surface area contributed by atoms with E-state index in [1.165, 1.54) is 38.2 Å². The van der Waals surface area contributed by atoms with Crippen LogP contribution >= 0.6 is 22.7 Å². The van der Waals surface area contributed by atoms with Gasteiger partial charge in [0.05, 0.1) is 24.7 Å². The average Bonchev–Trinajstić information content (AvgIpc) is 3.82. The first-order chi connectivity index (χ1) is 24.2. The molecule has 4 bridgehead atoms. The summed E-state index contributed by atoms with van der Waals surface area (Å²) in [6.45, 7) is 1.54. The molecule has 1 aliphatic heterocycles. The molecule has 0 fully saturated rings. The Bertz CT molecular complexity index is 2030. The van der Waals surface area contributed by atoms with Crippen molar-refractivity contribution in [3.05, 3.63) is 139 Å². The third-order valence-electron chi connectivity index (χ3n) is 8.21. The zero-order valence-corrected chi connectivity index (χ0v) is 28.8. The summed E-state index contributed by atoms with van der Waals surface area (Å²) in [5, 5.41) is 13.3. The molecule has 50 heavy (non-hydrogen) atoms. The zero-order valence-electron chi connectivity index (χ0n) is 27.2. The van der Waals surface area contributed by atoms with E-state index >= 15 is 0 Å². The van der Waals surface area contributed by atoms with Crippen molar-refractivity contribution in [2.24, 2.45) is 0 Å². The van der Waals surface area contributed by atoms with Gasteiger partial charge in [-0.2, -0.15) is 0 Å². The van der Waals surface area contributed by atoms with Crippen LogP contribution in [0.2, 0.25) is 0 Å². The van der Waals surface area contributed by atoms with Gasteiger partial charge in [-0.15, -0.1) is 22.7 Å². The van der Waals surface area contributed by atoms with E-state index in [0.29, 0.717) is 16.4 Å². The fraction of sp³-hybridized carbons (Fsp3) is 0.250. The van der Waals surface area contributed by atoms with Crippen LogP contribution in [0.1, 0.15) is 73.6 Å². The monoisotopic (exact) mass is 709 g/mol. The predicted octanol–water partition coefficient (Wildman–Crippen LogP) is 4.06. The minimum atomic E-state index is -0.706. The lowest BCUT2D eigenvalue weighted by atomic mass is 10.1. The van der Waals surface area contributed by atoms with Crippen molar-refractivity contribution >= 4 is 46.3 Å². The Morgan fingerprint density at radius 2 is 1.44 bits per heavy atom. The summed E-state index contributed by atoms with van der Waals surface area (Å²) in [5.41, 5.74) is 1.80. The van der Waals surface area contributed by atoms with E-state index in [9.17, 15) is 24.0 Å². The van der Waals surface area contributed by atoms with Gasteiger partial charge in [0, 0.05) is 42.5 Å². The summed E-state index contributed by atoms with van der Waals surface area (Å²) in [7, 11) is 0. The van der Waals surface area contributed by atoms with Crippen molar-refractivity contribution in [3.63, 3.8) is 0 Å². The number of thiazole rings is 2. The number of fused-ring (bicyclic) bond motifs is 4. The summed E-state index contributed by atoms with van der Waals surface area (Å²) in [5.74, 6) is -1.71. The Morgan fingerprint density at radius 3 is 2.16 bits per heavy atom. The standard InChI is InChI=1S/C36H35N7O5S2/c1-23-35-40-28(21-49-35)33(47)38-26(18-24-10-4-2-5-11-24)36-41-29(22-50-36)34(48)39-27(25-12-6-3-7-13-25)19-43(20-30(44)37-23)32(46)15-17-42-16-9-8-14-31(42)45/h2-14,16,21-23,26-27H,15,17-20H2,1H3,(H,37,44)(H,38,47)(H,39,48)/t23-,26+,27-/m0/s1. The largest absolute Gasteiger partial charge is 0.346 e. The molecule has 1 aliphatic rings. The molecule has 3 atom stereocenters. The number of benzene rings is 2. The Labute approximate surface area is 296 Å². The number of hydrogen-bond donors (Lipinski definition) is 3. The molecule has 4 amide bonds. The highest BCUT2D eigenvalue weighted by Gasteiger charge is 2.28. The van der Waals surface area contributed by atoms with E-state index in [1.807, 2.05) is 60.7 Å². The number of hydrogen-bond acceptors (Lipinski definition) is 9. The Morgan fingerprint density at radius 1 is 0.800 bits per heavy atom. The molecular formula is C36H35N7O5S2. The van der Waals surface area contributed by atoms with Gasteiger partial charge in [-0.25, -0.2) is 9.97 Å². The zero-order chi connectivity index (χ0) is 35.0. The number of aromatic nitrogens is 3. The van der Waals surface area contributed by atoms with Crippen molar-refractivity contribution in [3.8, 4) is 0 Å². The summed E-state index contributed by atoms with van der Waals surface area (Å²) in [6.07, 6.45) is 1.99. The maximum atomic E-state index is 13.8. The van der Waals surface area contributed by atoms with Crippen LogP contribution in [0.25, 0.3) is 0 Å². The van der Waals surface area contributed by atoms with Crippen LogP contribution in [-0.2, 0) is 22.6 Å². The second-order valence-corrected chi connectivity index (χ2v) is 13.6. The van der Waals surface area contributed by atoms with Crippen LogP contribution in [0, 0.1) is 0 Å². The lowest BCUT2D eigenvalue weighted by Gasteiger charge is -2.29. The van der Waals surface area contributed by atoms with E-state index in [2.05, 4.69) is 25.9 Å². The van der Waals surface area contributed by atoms with E-state index in [-0.39, 0.29) is 48.9 Å². The van der Waals surface area contributed by atoms with Gasteiger partial charge in [0.1, 0.15) is 21.4 Å². The highest BCUT2D eigenvalue weighted by Crippen LogP contribution is 2.25. The molecule has 256 valence electrons. The normalized spacial score (nSPS) is 18.7. The van der Waals surface area contributed by atoms with Crippen LogP contribution < -0.4 is 21.5 Å². The number of nitrogens with one attached hydrogen (secondary N) is 3. The van der Waals surface area contributed by atoms with E-state index in [1.54, 1.807) is 36.0 Å². The van der Waals surface area contributed by atoms with Crippen molar-refractivity contribution in [2.45, 2.75) is 44.4 Å². The molecule has 0 saturated carbocycles. The first-order valence-electron chi connectivity index (χ1n) is 16.1. The smallest absolute Gasteiger partial charge is 0.271 e. The van der Waals surface area contributed by atoms with Gasteiger partial charge in [-0.3, -0.25) is 24.0 Å². The van der Waals surface area contributed by atoms with Crippen molar-refractivity contribution in [1.82, 2.24) is 35.4 Å². The van der Waals surface area contributed by atoms with Gasteiger partial charge >= 0.3 is 0 Å². The van der Waals surface area contributed by atoms with E-state index < -0.39 is 35.8 Å². The molecule has 0 spiro atoms. The van der Waals surface area contributed by atoms with Crippen LogP contribution in [0.5, 0.6) is 0 Å². The molecule has 5 aromatic rings. The van der Waals surface area contributed by atoms with Crippen LogP contribution in [0.4, 0.5) is 0 Å². The van der Waals surface area contributed by atoms with Gasteiger partial charge in [-0.1, -0.05) is 66.7 Å². The fourth-order valence-electron chi connectivity index (χ4n) is 5.59. The molecule has 0 unspecified atom stereocenters. The summed E-state index contributed by atoms with van der Waals surface area (Å²) >= 11 is 2.51. The fourth-order valence-corrected chi connectivity index (χ4v) is 7.25. The molecule has 2 aromatic carbocycles. The predicted molar refractivity (Wildman–Crippen MR) is 190 cm³/mol. The molecule has 0 saturated heterocycles. The molecule has 12 nitrogen and oxygen atoms in total. The molecule has 6 rings (SSSR count). The minimum absolute atomic E-state index is 0.0227. The minimum Gasteiger partial charge on any atom is -0.346 e. The maximum absolute atomic E-state index is 13.8. The second kappa shape index (κ2) is 15.8. The van der Waals surface area contributed by atoms with Crippen molar-refractivity contribution in [1.29, 1.82) is 0 Å². The lowest BCUT2D eigenvalue weighted by molar-refractivity contribution is -0.136. The van der Waals surface area contributed by atoms with E-state index in [0.717, 1.165) is 11.1 Å². The number of carbonyl (C=O) groups excluding carboxylic acids is 4. The number of carbonyl (C=O) groups is 4. The van der Waals surface area contributed by atoms with Gasteiger partial charge in [0.2, 0.25) is 11.8 Å². The molecule has 3 N–H and O–H groups in total. The van der Waals surface area contributed by atoms with Gasteiger partial charge in [0.15, 0.2) is 0 Å². The van der Waals surface area contributed by atoms with Crippen molar-refractivity contribution < 1.29 is 19.2 Å². The Balaban J connectivity index is 1.34. The Hall–Kier alpha value is -5.47. The SMILES string of the molecule is C[C@@H]1NC(=O)CN(C(=O)CCn2ccccc2=O)C[C@@H](c2ccccc2)NC(=O)c2csc(n2)[C@@H](Cc2ccccc2)NC(=O)c2csc1n2. The number of amides is 4. The summed E-state index contributed by atoms with van der Waals surface area (Å²) in [4.78, 5) is 77.3. The average molecular weight is 710 g/mol. The Kier molecular flexibility index (Phi) is 10.9. The second-order valence-electron chi connectivity index (χ2n) is 11.8. The molecule has 3 aromatic heterocycles. The summed E-state index contributed by atoms with van der Waals surface area (Å²) in [6, 6.07) is 21.8. The molecule has 0 aliphatic carbocycles. The number of pyridine rings is 1. The third-order valence-corrected chi connectivity index (χ3v) is 10.2. The highest BCUT2D eigenvalue weighted by atomic mass is 32.1. The van der Waals surface area contributed by atoms with Crippen molar-refractivity contribution in [2.75, 3.05) is 13.1 Å². The number of aryl methyl sites for hydroxylation is 1. The first-order valence-corrected chi connectivity index (χ1v) is 17.8. The van der Waals surface area contributed by atoms with Gasteiger partial charge in [-0.05, 0) is 30.5 Å². The first kappa shape index (κ1) is 34.4. The molecule has 0 radical (unpaired) electrons. The number of nitrogens with zero attached hydrogens (tertiary/aromatic N) is 4. The quantitative estimate of drug-likeness (QED) is 0.240. The summed E-state index contributed by atoms with van der Waals surface area (Å²) < 4.78 is 1.43. The lowest BCUT2D eigenvalue weighted by Crippen LogP contribution is -2.46. The molecule has 14 heteroatoms. The van der Waals surface area contributed by atoms with Crippen LogP contribution in [-0.4, -0.2) is 56.2 Å². The van der Waals surface area contributed by atoms with Gasteiger partial charge in [0.25, 0.3) is 17.4 Å². The molecular weight excluding hydrogens is 675 g/mol. The topological polar surface area (TPSA) is 155 Å². The number of rotatable bonds is 6.